The van der Waals surface area contributed by atoms with Gasteiger partial charge in [-0.2, -0.15) is 0 Å². The van der Waals surface area contributed by atoms with Crippen molar-refractivity contribution >= 4 is 12.0 Å². The van der Waals surface area contributed by atoms with E-state index in [0.717, 1.165) is 12.8 Å². The van der Waals surface area contributed by atoms with Crippen molar-refractivity contribution in [3.05, 3.63) is 0 Å². The maximum absolute atomic E-state index is 12.1. The van der Waals surface area contributed by atoms with E-state index in [1.165, 1.54) is 24.9 Å². The molecule has 0 aliphatic carbocycles. The maximum Gasteiger partial charge on any atom is 0.323 e. The van der Waals surface area contributed by atoms with Crippen LogP contribution in [-0.2, 0) is 9.53 Å². The molecule has 6 nitrogen and oxygen atoms in total. The molecular formula is C15H30N2O4. The van der Waals surface area contributed by atoms with E-state index in [1.807, 2.05) is 0 Å². The number of rotatable bonds is 11. The molecule has 124 valence electrons. The van der Waals surface area contributed by atoms with Crippen molar-refractivity contribution in [2.45, 2.75) is 46.5 Å². The molecule has 0 aromatic heterocycles. The van der Waals surface area contributed by atoms with Crippen molar-refractivity contribution in [2.24, 2.45) is 5.41 Å². The Kier molecular flexibility index (Phi) is 9.78. The first-order chi connectivity index (χ1) is 9.82. The third-order valence-electron chi connectivity index (χ3n) is 3.35. The molecule has 0 aliphatic rings. The van der Waals surface area contributed by atoms with Crippen LogP contribution in [0.15, 0.2) is 0 Å². The van der Waals surface area contributed by atoms with E-state index >= 15 is 0 Å². The minimum absolute atomic E-state index is 0.0149. The van der Waals surface area contributed by atoms with Gasteiger partial charge in [-0.1, -0.05) is 40.0 Å². The molecule has 6 heteroatoms. The van der Waals surface area contributed by atoms with Gasteiger partial charge in [0.25, 0.3) is 0 Å². The SMILES string of the molecule is CCCCCC(C)(C)CNC(=O)N(CCOC)CC(=O)O. The van der Waals surface area contributed by atoms with Gasteiger partial charge in [0, 0.05) is 20.2 Å². The Balaban J connectivity index is 4.29. The normalized spacial score (nSPS) is 11.2. The zero-order chi connectivity index (χ0) is 16.3. The van der Waals surface area contributed by atoms with Crippen LogP contribution in [0.25, 0.3) is 0 Å². The summed E-state index contributed by atoms with van der Waals surface area (Å²) in [5, 5.41) is 11.7. The number of nitrogens with zero attached hydrogens (tertiary/aromatic N) is 1. The number of nitrogens with one attached hydrogen (secondary N) is 1. The van der Waals surface area contributed by atoms with Gasteiger partial charge in [-0.05, 0) is 11.8 Å². The lowest BCUT2D eigenvalue weighted by Crippen LogP contribution is -2.46. The molecule has 0 fully saturated rings. The third kappa shape index (κ3) is 10.1. The molecule has 0 unspecified atom stereocenters. The van der Waals surface area contributed by atoms with Crippen molar-refractivity contribution < 1.29 is 19.4 Å². The smallest absolute Gasteiger partial charge is 0.323 e. The van der Waals surface area contributed by atoms with Gasteiger partial charge in [-0.25, -0.2) is 4.79 Å². The maximum atomic E-state index is 12.1. The monoisotopic (exact) mass is 302 g/mol. The Hall–Kier alpha value is -1.30. The lowest BCUT2D eigenvalue weighted by Gasteiger charge is -2.27. The van der Waals surface area contributed by atoms with Crippen LogP contribution in [0.2, 0.25) is 0 Å². The van der Waals surface area contributed by atoms with E-state index in [4.69, 9.17) is 9.84 Å². The summed E-state index contributed by atoms with van der Waals surface area (Å²) >= 11 is 0. The second-order valence-electron chi connectivity index (χ2n) is 6.09. The predicted molar refractivity (Wildman–Crippen MR) is 82.4 cm³/mol. The molecule has 0 radical (unpaired) electrons. The second kappa shape index (κ2) is 10.4. The Morgan fingerprint density at radius 2 is 1.95 bits per heavy atom. The summed E-state index contributed by atoms with van der Waals surface area (Å²) in [4.78, 5) is 24.1. The summed E-state index contributed by atoms with van der Waals surface area (Å²) in [5.74, 6) is -1.02. The number of hydrogen-bond donors (Lipinski definition) is 2. The number of hydrogen-bond acceptors (Lipinski definition) is 3. The molecular weight excluding hydrogens is 272 g/mol. The van der Waals surface area contributed by atoms with Gasteiger partial charge in [-0.3, -0.25) is 4.79 Å². The van der Waals surface area contributed by atoms with Crippen molar-refractivity contribution in [2.75, 3.05) is 33.4 Å². The van der Waals surface area contributed by atoms with Crippen molar-refractivity contribution in [3.8, 4) is 0 Å². The molecule has 2 N–H and O–H groups in total. The van der Waals surface area contributed by atoms with Crippen LogP contribution in [0.5, 0.6) is 0 Å². The van der Waals surface area contributed by atoms with Gasteiger partial charge >= 0.3 is 12.0 Å². The summed E-state index contributed by atoms with van der Waals surface area (Å²) in [6.07, 6.45) is 4.54. The number of methoxy groups -OCH3 is 1. The Morgan fingerprint density at radius 3 is 2.48 bits per heavy atom. The van der Waals surface area contributed by atoms with Crippen LogP contribution < -0.4 is 5.32 Å². The van der Waals surface area contributed by atoms with E-state index in [9.17, 15) is 9.59 Å². The molecule has 0 atom stereocenters. The highest BCUT2D eigenvalue weighted by atomic mass is 16.5. The average Bonchev–Trinajstić information content (AvgIpc) is 2.40. The van der Waals surface area contributed by atoms with Gasteiger partial charge in [0.05, 0.1) is 6.61 Å². The van der Waals surface area contributed by atoms with Crippen LogP contribution in [0, 0.1) is 5.41 Å². The number of unbranched alkanes of at least 4 members (excludes halogenated alkanes) is 2. The van der Waals surface area contributed by atoms with Crippen LogP contribution in [0.4, 0.5) is 4.79 Å². The molecule has 0 rings (SSSR count). The number of urea groups is 1. The Bertz CT molecular complexity index is 319. The van der Waals surface area contributed by atoms with Crippen molar-refractivity contribution in [1.82, 2.24) is 10.2 Å². The standard InChI is InChI=1S/C15H30N2O4/c1-5-6-7-8-15(2,3)12-16-14(20)17(9-10-21-4)11-13(18)19/h5-12H2,1-4H3,(H,16,20)(H,18,19). The predicted octanol–water partition coefficient (Wildman–Crippen LogP) is 2.34. The lowest BCUT2D eigenvalue weighted by molar-refractivity contribution is -0.137. The third-order valence-corrected chi connectivity index (χ3v) is 3.35. The van der Waals surface area contributed by atoms with E-state index in [-0.39, 0.29) is 24.5 Å². The Morgan fingerprint density at radius 1 is 1.29 bits per heavy atom. The van der Waals surface area contributed by atoms with Gasteiger partial charge in [0.2, 0.25) is 0 Å². The fourth-order valence-electron chi connectivity index (χ4n) is 1.99. The first-order valence-electron chi connectivity index (χ1n) is 7.56. The number of carboxylic acids is 1. The molecule has 0 saturated heterocycles. The molecule has 0 spiro atoms. The molecule has 0 aliphatic heterocycles. The molecule has 0 bridgehead atoms. The lowest BCUT2D eigenvalue weighted by atomic mass is 9.87. The van der Waals surface area contributed by atoms with E-state index < -0.39 is 5.97 Å². The van der Waals surface area contributed by atoms with Gasteiger partial charge in [0.15, 0.2) is 0 Å². The topological polar surface area (TPSA) is 78.9 Å². The second-order valence-corrected chi connectivity index (χ2v) is 6.09. The van der Waals surface area contributed by atoms with Gasteiger partial charge in [-0.15, -0.1) is 0 Å². The zero-order valence-electron chi connectivity index (χ0n) is 13.8. The van der Waals surface area contributed by atoms with Crippen molar-refractivity contribution in [3.63, 3.8) is 0 Å². The number of amides is 2. The fourth-order valence-corrected chi connectivity index (χ4v) is 1.99. The number of ether oxygens (including phenoxy) is 1. The largest absolute Gasteiger partial charge is 0.480 e. The van der Waals surface area contributed by atoms with E-state index in [0.29, 0.717) is 13.2 Å². The van der Waals surface area contributed by atoms with E-state index in [2.05, 4.69) is 26.1 Å². The molecule has 21 heavy (non-hydrogen) atoms. The van der Waals surface area contributed by atoms with Crippen LogP contribution in [-0.4, -0.2) is 55.4 Å². The summed E-state index contributed by atoms with van der Waals surface area (Å²) in [6.45, 7) is 7.20. The van der Waals surface area contributed by atoms with Crippen LogP contribution in [0.3, 0.4) is 0 Å². The first-order valence-corrected chi connectivity index (χ1v) is 7.56. The summed E-state index contributed by atoms with van der Waals surface area (Å²) in [6, 6.07) is -0.349. The molecule has 0 heterocycles. The zero-order valence-corrected chi connectivity index (χ0v) is 13.8. The van der Waals surface area contributed by atoms with Crippen LogP contribution >= 0.6 is 0 Å². The van der Waals surface area contributed by atoms with Crippen molar-refractivity contribution in [1.29, 1.82) is 0 Å². The molecule has 0 aromatic carbocycles. The summed E-state index contributed by atoms with van der Waals surface area (Å²) in [7, 11) is 1.52. The highest BCUT2D eigenvalue weighted by Crippen LogP contribution is 2.22. The molecule has 2 amide bonds. The van der Waals surface area contributed by atoms with E-state index in [1.54, 1.807) is 0 Å². The minimum atomic E-state index is -1.02. The number of carbonyl (C=O) groups excluding carboxylic acids is 1. The number of aliphatic carboxylic acids is 1. The highest BCUT2D eigenvalue weighted by Gasteiger charge is 2.21. The van der Waals surface area contributed by atoms with Gasteiger partial charge in [0.1, 0.15) is 6.54 Å². The minimum Gasteiger partial charge on any atom is -0.480 e. The number of carbonyl (C=O) groups is 2. The van der Waals surface area contributed by atoms with Gasteiger partial charge < -0.3 is 20.1 Å². The number of carboxylic acid groups (broad SMARTS) is 1. The molecule has 0 aromatic rings. The quantitative estimate of drug-likeness (QED) is 0.574. The average molecular weight is 302 g/mol. The Labute approximate surface area is 127 Å². The molecule has 0 saturated carbocycles. The first kappa shape index (κ1) is 19.7. The summed E-state index contributed by atoms with van der Waals surface area (Å²) in [5.41, 5.74) is 0.0149. The van der Waals surface area contributed by atoms with Crippen LogP contribution in [0.1, 0.15) is 46.5 Å². The highest BCUT2D eigenvalue weighted by molar-refractivity contribution is 5.80. The fraction of sp³-hybridized carbons (Fsp3) is 0.867. The summed E-state index contributed by atoms with van der Waals surface area (Å²) < 4.78 is 4.90.